The molecule has 68 valence electrons. The molecule has 0 N–H and O–H groups in total. The van der Waals surface area contributed by atoms with Crippen LogP contribution in [0.25, 0.3) is 0 Å². The van der Waals surface area contributed by atoms with Crippen LogP contribution in [0.3, 0.4) is 0 Å². The van der Waals surface area contributed by atoms with Crippen molar-refractivity contribution in [1.82, 2.24) is 4.90 Å². The zero-order valence-corrected chi connectivity index (χ0v) is 8.62. The van der Waals surface area contributed by atoms with Gasteiger partial charge in [-0.25, -0.2) is 0 Å². The quantitative estimate of drug-likeness (QED) is 0.677. The normalized spacial score (nSPS) is 10.6. The summed E-state index contributed by atoms with van der Waals surface area (Å²) in [6.07, 6.45) is 0.225. The second-order valence-electron chi connectivity index (χ2n) is 2.13. The van der Waals surface area contributed by atoms with Crippen LogP contribution in [0, 0.1) is 11.3 Å². The van der Waals surface area contributed by atoms with E-state index in [0.717, 1.165) is 0 Å². The van der Waals surface area contributed by atoms with Crippen molar-refractivity contribution in [3.8, 4) is 6.07 Å². The Morgan fingerprint density at radius 2 is 2.08 bits per heavy atom. The third-order valence-corrected chi connectivity index (χ3v) is 1.63. The van der Waals surface area contributed by atoms with Crippen LogP contribution in [0.1, 0.15) is 6.42 Å². The molecule has 12 heavy (non-hydrogen) atoms. The van der Waals surface area contributed by atoms with E-state index in [4.69, 9.17) is 40.1 Å². The fraction of sp³-hybridized carbons (Fsp3) is 0.667. The Morgan fingerprint density at radius 3 is 2.42 bits per heavy atom. The van der Waals surface area contributed by atoms with Crippen molar-refractivity contribution in [3.63, 3.8) is 0 Å². The molecule has 1 amide bonds. The molecular weight excluding hydrogens is 222 g/mol. The monoisotopic (exact) mass is 228 g/mol. The van der Waals surface area contributed by atoms with Crippen LogP contribution >= 0.6 is 34.8 Å². The highest BCUT2D eigenvalue weighted by Crippen LogP contribution is 2.27. The van der Waals surface area contributed by atoms with E-state index >= 15 is 0 Å². The van der Waals surface area contributed by atoms with Gasteiger partial charge in [-0.2, -0.15) is 5.26 Å². The summed E-state index contributed by atoms with van der Waals surface area (Å²) >= 11 is 15.9. The second kappa shape index (κ2) is 4.76. The fourth-order valence-corrected chi connectivity index (χ4v) is 0.968. The summed E-state index contributed by atoms with van der Waals surface area (Å²) in [7, 11) is 1.47. The van der Waals surface area contributed by atoms with Gasteiger partial charge in [0.25, 0.3) is 9.70 Å². The van der Waals surface area contributed by atoms with Crippen molar-refractivity contribution in [2.75, 3.05) is 13.6 Å². The lowest BCUT2D eigenvalue weighted by Gasteiger charge is -2.19. The molecule has 0 aromatic rings. The molecular formula is C6H7Cl3N2O. The van der Waals surface area contributed by atoms with E-state index in [1.807, 2.05) is 6.07 Å². The molecule has 0 aliphatic carbocycles. The SMILES string of the molecule is CN(CCC#N)C(=O)C(Cl)(Cl)Cl. The first-order chi connectivity index (χ1) is 5.39. The maximum absolute atomic E-state index is 11.1. The van der Waals surface area contributed by atoms with Gasteiger partial charge in [-0.3, -0.25) is 4.79 Å². The van der Waals surface area contributed by atoms with Gasteiger partial charge in [-0.15, -0.1) is 0 Å². The summed E-state index contributed by atoms with van der Waals surface area (Å²) < 4.78 is -1.93. The highest BCUT2D eigenvalue weighted by atomic mass is 35.6. The van der Waals surface area contributed by atoms with E-state index < -0.39 is 9.70 Å². The lowest BCUT2D eigenvalue weighted by Crippen LogP contribution is -2.36. The van der Waals surface area contributed by atoms with Crippen LogP contribution in [0.15, 0.2) is 0 Å². The molecule has 0 aliphatic rings. The third-order valence-electron chi connectivity index (χ3n) is 1.15. The Hall–Kier alpha value is -0.170. The molecule has 0 aromatic carbocycles. The summed E-state index contributed by atoms with van der Waals surface area (Å²) in [5.74, 6) is -0.622. The number of rotatable bonds is 2. The maximum atomic E-state index is 11.1. The van der Waals surface area contributed by atoms with E-state index in [0.29, 0.717) is 0 Å². The van der Waals surface area contributed by atoms with Crippen LogP contribution in [-0.4, -0.2) is 28.2 Å². The lowest BCUT2D eigenvalue weighted by molar-refractivity contribution is -0.128. The molecule has 0 aliphatic heterocycles. The fourth-order valence-electron chi connectivity index (χ4n) is 0.536. The molecule has 0 aromatic heterocycles. The van der Waals surface area contributed by atoms with Gasteiger partial charge in [0.05, 0.1) is 12.5 Å². The molecule has 0 spiro atoms. The van der Waals surface area contributed by atoms with Crippen molar-refractivity contribution >= 4 is 40.7 Å². The number of amides is 1. The van der Waals surface area contributed by atoms with Gasteiger partial charge in [-0.1, -0.05) is 34.8 Å². The zero-order valence-electron chi connectivity index (χ0n) is 6.35. The van der Waals surface area contributed by atoms with Crippen LogP contribution in [0.4, 0.5) is 0 Å². The number of carbonyl (C=O) groups excluding carboxylic acids is 1. The Kier molecular flexibility index (Phi) is 4.69. The number of hydrogen-bond acceptors (Lipinski definition) is 2. The highest BCUT2D eigenvalue weighted by molar-refractivity contribution is 6.76. The molecule has 0 saturated carbocycles. The number of alkyl halides is 3. The molecule has 0 saturated heterocycles. The summed E-state index contributed by atoms with van der Waals surface area (Å²) in [6.45, 7) is 0.267. The van der Waals surface area contributed by atoms with Gasteiger partial charge in [0.1, 0.15) is 0 Å². The lowest BCUT2D eigenvalue weighted by atomic mass is 10.4. The Morgan fingerprint density at radius 1 is 1.58 bits per heavy atom. The number of halogens is 3. The number of nitriles is 1. The average Bonchev–Trinajstić information content (AvgIpc) is 1.97. The van der Waals surface area contributed by atoms with Gasteiger partial charge in [-0.05, 0) is 0 Å². The van der Waals surface area contributed by atoms with Crippen LogP contribution < -0.4 is 0 Å². The number of hydrogen-bond donors (Lipinski definition) is 0. The van der Waals surface area contributed by atoms with Gasteiger partial charge >= 0.3 is 0 Å². The summed E-state index contributed by atoms with van der Waals surface area (Å²) in [5, 5.41) is 8.21. The minimum absolute atomic E-state index is 0.225. The van der Waals surface area contributed by atoms with Crippen molar-refractivity contribution < 1.29 is 4.79 Å². The van der Waals surface area contributed by atoms with Crippen LogP contribution in [0.2, 0.25) is 0 Å². The summed E-state index contributed by atoms with van der Waals surface area (Å²) in [4.78, 5) is 12.3. The number of nitrogens with zero attached hydrogens (tertiary/aromatic N) is 2. The van der Waals surface area contributed by atoms with Gasteiger partial charge in [0.15, 0.2) is 0 Å². The first-order valence-corrected chi connectivity index (χ1v) is 4.22. The molecule has 6 heteroatoms. The van der Waals surface area contributed by atoms with E-state index in [2.05, 4.69) is 0 Å². The van der Waals surface area contributed by atoms with E-state index in [1.54, 1.807) is 0 Å². The molecule has 0 fully saturated rings. The van der Waals surface area contributed by atoms with Gasteiger partial charge in [0.2, 0.25) is 0 Å². The van der Waals surface area contributed by atoms with Crippen LogP contribution in [0.5, 0.6) is 0 Å². The Balaban J connectivity index is 4.04. The molecule has 0 rings (SSSR count). The molecule has 0 bridgehead atoms. The predicted octanol–water partition coefficient (Wildman–Crippen LogP) is 1.73. The van der Waals surface area contributed by atoms with E-state index in [1.165, 1.54) is 11.9 Å². The minimum atomic E-state index is -1.93. The van der Waals surface area contributed by atoms with Crippen molar-refractivity contribution in [1.29, 1.82) is 5.26 Å². The molecule has 0 unspecified atom stereocenters. The molecule has 0 heterocycles. The predicted molar refractivity (Wildman–Crippen MR) is 48.2 cm³/mol. The maximum Gasteiger partial charge on any atom is 0.274 e. The Bertz CT molecular complexity index is 206. The smallest absolute Gasteiger partial charge is 0.274 e. The second-order valence-corrected chi connectivity index (χ2v) is 4.41. The van der Waals surface area contributed by atoms with Gasteiger partial charge < -0.3 is 4.90 Å². The van der Waals surface area contributed by atoms with Crippen molar-refractivity contribution in [2.24, 2.45) is 0 Å². The van der Waals surface area contributed by atoms with Crippen molar-refractivity contribution in [2.45, 2.75) is 10.2 Å². The van der Waals surface area contributed by atoms with Crippen molar-refractivity contribution in [3.05, 3.63) is 0 Å². The topological polar surface area (TPSA) is 44.1 Å². The molecule has 3 nitrogen and oxygen atoms in total. The molecule has 0 radical (unpaired) electrons. The minimum Gasteiger partial charge on any atom is -0.341 e. The number of carbonyl (C=O) groups is 1. The van der Waals surface area contributed by atoms with E-state index in [9.17, 15) is 4.79 Å². The van der Waals surface area contributed by atoms with Crippen LogP contribution in [-0.2, 0) is 4.79 Å². The first kappa shape index (κ1) is 11.8. The summed E-state index contributed by atoms with van der Waals surface area (Å²) in [6, 6.07) is 1.88. The summed E-state index contributed by atoms with van der Waals surface area (Å²) in [5.41, 5.74) is 0. The highest BCUT2D eigenvalue weighted by Gasteiger charge is 2.33. The Labute approximate surface area is 85.8 Å². The standard InChI is InChI=1S/C6H7Cl3N2O/c1-11(4-2-3-10)5(12)6(7,8)9/h2,4H2,1H3. The third kappa shape index (κ3) is 4.01. The van der Waals surface area contributed by atoms with Gasteiger partial charge in [0, 0.05) is 13.6 Å². The first-order valence-electron chi connectivity index (χ1n) is 3.09. The largest absolute Gasteiger partial charge is 0.341 e. The molecule has 0 atom stereocenters. The zero-order chi connectivity index (χ0) is 9.78. The average molecular weight is 229 g/mol. The van der Waals surface area contributed by atoms with E-state index in [-0.39, 0.29) is 13.0 Å².